The van der Waals surface area contributed by atoms with Gasteiger partial charge in [-0.15, -0.1) is 5.10 Å². The summed E-state index contributed by atoms with van der Waals surface area (Å²) in [6.45, 7) is 2.20. The first kappa shape index (κ1) is 8.58. The van der Waals surface area contributed by atoms with Crippen molar-refractivity contribution in [2.75, 3.05) is 6.61 Å². The molecule has 1 aromatic rings. The molecule has 12 heavy (non-hydrogen) atoms. The first-order chi connectivity index (χ1) is 5.75. The minimum absolute atomic E-state index is 0.0385. The SMILES string of the molecule is CCCOC(=O)c1c[nH]nc1[O]. The normalized spacial score (nSPS) is 9.75. The van der Waals surface area contributed by atoms with Crippen LogP contribution in [0.2, 0.25) is 0 Å². The molecule has 5 heteroatoms. The first-order valence-electron chi connectivity index (χ1n) is 3.63. The van der Waals surface area contributed by atoms with Crippen molar-refractivity contribution in [3.63, 3.8) is 0 Å². The molecule has 0 aliphatic heterocycles. The summed E-state index contributed by atoms with van der Waals surface area (Å²) in [6.07, 6.45) is 1.97. The lowest BCUT2D eigenvalue weighted by atomic mass is 10.3. The van der Waals surface area contributed by atoms with Crippen molar-refractivity contribution < 1.29 is 14.6 Å². The van der Waals surface area contributed by atoms with Crippen molar-refractivity contribution in [3.8, 4) is 5.88 Å². The van der Waals surface area contributed by atoms with Crippen LogP contribution in [0, 0.1) is 0 Å². The number of aromatic nitrogens is 2. The molecular weight excluding hydrogens is 160 g/mol. The molecule has 0 saturated heterocycles. The van der Waals surface area contributed by atoms with E-state index in [0.717, 1.165) is 6.42 Å². The summed E-state index contributed by atoms with van der Waals surface area (Å²) < 4.78 is 4.72. The smallest absolute Gasteiger partial charge is 0.345 e. The molecule has 0 spiro atoms. The third-order valence-electron chi connectivity index (χ3n) is 1.26. The molecule has 0 fully saturated rings. The lowest BCUT2D eigenvalue weighted by Gasteiger charge is -1.98. The largest absolute Gasteiger partial charge is 0.462 e. The number of carbonyl (C=O) groups excluding carboxylic acids is 1. The maximum atomic E-state index is 11.0. The van der Waals surface area contributed by atoms with Crippen LogP contribution in [0.4, 0.5) is 0 Å². The van der Waals surface area contributed by atoms with E-state index in [-0.39, 0.29) is 5.56 Å². The molecule has 1 aromatic heterocycles. The highest BCUT2D eigenvalue weighted by Gasteiger charge is 2.15. The second-order valence-corrected chi connectivity index (χ2v) is 2.24. The van der Waals surface area contributed by atoms with Crippen molar-refractivity contribution >= 4 is 5.97 Å². The monoisotopic (exact) mass is 169 g/mol. The summed E-state index contributed by atoms with van der Waals surface area (Å²) in [7, 11) is 0. The topological polar surface area (TPSA) is 74.9 Å². The molecule has 0 amide bonds. The van der Waals surface area contributed by atoms with Crippen LogP contribution in [-0.2, 0) is 9.84 Å². The van der Waals surface area contributed by atoms with Crippen molar-refractivity contribution in [1.29, 1.82) is 0 Å². The third-order valence-corrected chi connectivity index (χ3v) is 1.26. The van der Waals surface area contributed by atoms with Crippen LogP contribution in [0.25, 0.3) is 0 Å². The quantitative estimate of drug-likeness (QED) is 0.689. The molecule has 1 radical (unpaired) electrons. The van der Waals surface area contributed by atoms with Gasteiger partial charge < -0.3 is 4.74 Å². The zero-order valence-electron chi connectivity index (χ0n) is 6.66. The fraction of sp³-hybridized carbons (Fsp3) is 0.429. The third kappa shape index (κ3) is 1.75. The number of aromatic amines is 1. The Hall–Kier alpha value is -1.52. The van der Waals surface area contributed by atoms with Crippen LogP contribution in [0.5, 0.6) is 5.88 Å². The summed E-state index contributed by atoms with van der Waals surface area (Å²) in [5.74, 6) is -1.19. The fourth-order valence-electron chi connectivity index (χ4n) is 0.696. The van der Waals surface area contributed by atoms with E-state index in [2.05, 4.69) is 10.2 Å². The van der Waals surface area contributed by atoms with Gasteiger partial charge >= 0.3 is 11.8 Å². The maximum Gasteiger partial charge on any atom is 0.345 e. The first-order valence-corrected chi connectivity index (χ1v) is 3.63. The summed E-state index contributed by atoms with van der Waals surface area (Å²) in [5, 5.41) is 16.3. The van der Waals surface area contributed by atoms with Gasteiger partial charge in [-0.3, -0.25) is 10.2 Å². The maximum absolute atomic E-state index is 11.0. The Kier molecular flexibility index (Phi) is 2.68. The number of H-pyrrole nitrogens is 1. The van der Waals surface area contributed by atoms with E-state index in [4.69, 9.17) is 4.74 Å². The molecular formula is C7H9N2O3. The van der Waals surface area contributed by atoms with Crippen LogP contribution >= 0.6 is 0 Å². The Labute approximate surface area is 69.4 Å². The number of carbonyl (C=O) groups is 1. The molecule has 0 aliphatic rings. The predicted molar refractivity (Wildman–Crippen MR) is 39.3 cm³/mol. The van der Waals surface area contributed by atoms with Gasteiger partial charge in [0.25, 0.3) is 0 Å². The lowest BCUT2D eigenvalue weighted by Crippen LogP contribution is -2.04. The van der Waals surface area contributed by atoms with Crippen LogP contribution in [0.3, 0.4) is 0 Å². The van der Waals surface area contributed by atoms with E-state index in [0.29, 0.717) is 6.61 Å². The molecule has 1 N–H and O–H groups in total. The van der Waals surface area contributed by atoms with Gasteiger partial charge in [0.2, 0.25) is 0 Å². The minimum atomic E-state index is -0.615. The number of nitrogens with one attached hydrogen (secondary N) is 1. The van der Waals surface area contributed by atoms with Crippen LogP contribution < -0.4 is 0 Å². The van der Waals surface area contributed by atoms with Gasteiger partial charge in [0.15, 0.2) is 0 Å². The van der Waals surface area contributed by atoms with Gasteiger partial charge in [-0.1, -0.05) is 6.92 Å². The highest BCUT2D eigenvalue weighted by molar-refractivity contribution is 5.91. The predicted octanol–water partition coefficient (Wildman–Crippen LogP) is 1.12. The highest BCUT2D eigenvalue weighted by Crippen LogP contribution is 2.13. The zero-order chi connectivity index (χ0) is 8.97. The molecule has 0 atom stereocenters. The van der Waals surface area contributed by atoms with Crippen molar-refractivity contribution in [2.45, 2.75) is 13.3 Å². The molecule has 0 aliphatic carbocycles. The molecule has 0 aromatic carbocycles. The second-order valence-electron chi connectivity index (χ2n) is 2.24. The van der Waals surface area contributed by atoms with E-state index < -0.39 is 11.8 Å². The number of rotatable bonds is 3. The van der Waals surface area contributed by atoms with E-state index in [1.54, 1.807) is 0 Å². The minimum Gasteiger partial charge on any atom is -0.462 e. The van der Waals surface area contributed by atoms with E-state index in [9.17, 15) is 9.90 Å². The number of hydrogen-bond acceptors (Lipinski definition) is 3. The Morgan fingerprint density at radius 1 is 1.75 bits per heavy atom. The van der Waals surface area contributed by atoms with E-state index in [1.165, 1.54) is 6.20 Å². The van der Waals surface area contributed by atoms with Crippen LogP contribution in [-0.4, -0.2) is 22.8 Å². The summed E-state index contributed by atoms with van der Waals surface area (Å²) in [4.78, 5) is 11.0. The van der Waals surface area contributed by atoms with Gasteiger partial charge in [-0.2, -0.15) is 0 Å². The Balaban J connectivity index is 2.59. The van der Waals surface area contributed by atoms with E-state index in [1.807, 2.05) is 6.92 Å². The van der Waals surface area contributed by atoms with Gasteiger partial charge in [0.1, 0.15) is 5.56 Å². The van der Waals surface area contributed by atoms with Crippen molar-refractivity contribution in [1.82, 2.24) is 10.2 Å². The average Bonchev–Trinajstić information content (AvgIpc) is 2.47. The Morgan fingerprint density at radius 2 is 2.50 bits per heavy atom. The summed E-state index contributed by atoms with van der Waals surface area (Å²) in [5.41, 5.74) is -0.0385. The molecule has 5 nitrogen and oxygen atoms in total. The number of esters is 1. The van der Waals surface area contributed by atoms with Gasteiger partial charge in [-0.25, -0.2) is 4.79 Å². The van der Waals surface area contributed by atoms with Crippen LogP contribution in [0.15, 0.2) is 6.20 Å². The van der Waals surface area contributed by atoms with Gasteiger partial charge in [0, 0.05) is 6.20 Å². The van der Waals surface area contributed by atoms with Crippen LogP contribution in [0.1, 0.15) is 23.7 Å². The summed E-state index contributed by atoms with van der Waals surface area (Å²) in [6, 6.07) is 0. The number of nitrogens with zero attached hydrogens (tertiary/aromatic N) is 1. The van der Waals surface area contributed by atoms with Crippen molar-refractivity contribution in [3.05, 3.63) is 11.8 Å². The number of hydrogen-bond donors (Lipinski definition) is 1. The molecule has 0 bridgehead atoms. The molecule has 65 valence electrons. The summed E-state index contributed by atoms with van der Waals surface area (Å²) >= 11 is 0. The number of ether oxygens (including phenoxy) is 1. The molecule has 0 unspecified atom stereocenters. The standard InChI is InChI=1S/C7H9N2O3/c1-2-3-12-7(11)5-4-8-9-6(5)10/h4H,2-3H2,1H3,(H,8,9). The second kappa shape index (κ2) is 3.75. The molecule has 1 rings (SSSR count). The molecule has 1 heterocycles. The average molecular weight is 169 g/mol. The highest BCUT2D eigenvalue weighted by atomic mass is 16.5. The Bertz CT molecular complexity index is 269. The Morgan fingerprint density at radius 3 is 3.00 bits per heavy atom. The van der Waals surface area contributed by atoms with Crippen molar-refractivity contribution in [2.24, 2.45) is 0 Å². The van der Waals surface area contributed by atoms with Gasteiger partial charge in [-0.05, 0) is 6.42 Å². The fourth-order valence-corrected chi connectivity index (χ4v) is 0.696. The van der Waals surface area contributed by atoms with Gasteiger partial charge in [0.05, 0.1) is 6.61 Å². The zero-order valence-corrected chi connectivity index (χ0v) is 6.66. The molecule has 0 saturated carbocycles. The lowest BCUT2D eigenvalue weighted by molar-refractivity contribution is 0.0500. The van der Waals surface area contributed by atoms with E-state index >= 15 is 0 Å².